The first-order valence-corrected chi connectivity index (χ1v) is 6.05. The van der Waals surface area contributed by atoms with E-state index in [1.165, 1.54) is 7.11 Å². The van der Waals surface area contributed by atoms with Gasteiger partial charge in [0.1, 0.15) is 5.78 Å². The Labute approximate surface area is 92.5 Å². The van der Waals surface area contributed by atoms with Crippen LogP contribution in [0.1, 0.15) is 19.3 Å². The smallest absolute Gasteiger partial charge is 0.433 e. The number of nitrogens with zero attached hydrogens (tertiary/aromatic N) is 1. The molecule has 1 aliphatic heterocycles. The molecule has 1 aliphatic carbocycles. The maximum atomic E-state index is 11.7. The van der Waals surface area contributed by atoms with Crippen LogP contribution in [0.2, 0.25) is 0 Å². The van der Waals surface area contributed by atoms with Crippen molar-refractivity contribution in [2.45, 2.75) is 24.5 Å². The van der Waals surface area contributed by atoms with Crippen molar-refractivity contribution in [2.75, 3.05) is 12.9 Å². The van der Waals surface area contributed by atoms with Crippen molar-refractivity contribution in [2.24, 2.45) is 10.9 Å². The summed E-state index contributed by atoms with van der Waals surface area (Å²) in [5.41, 5.74) is 0.811. The molecule has 0 aromatic rings. The number of ketones is 1. The Bertz CT molecular complexity index is 323. The standard InChI is InChI=1S/C10H13NO3S/c1-14-10(13)11-7-3-2-6(4-7)9(12)8-5-15-8/h6,8H,2-5H2,1H3/b11-7-/t6-,8?/m0/s1. The highest BCUT2D eigenvalue weighted by Gasteiger charge is 2.38. The number of carbonyl (C=O) groups excluding carboxylic acids is 2. The second-order valence-corrected chi connectivity index (χ2v) is 5.05. The Kier molecular flexibility index (Phi) is 3.09. The van der Waals surface area contributed by atoms with Crippen molar-refractivity contribution in [3.05, 3.63) is 0 Å². The summed E-state index contributed by atoms with van der Waals surface area (Å²) in [6.07, 6.45) is 1.68. The monoisotopic (exact) mass is 227 g/mol. The molecule has 1 unspecified atom stereocenters. The second kappa shape index (κ2) is 4.35. The molecule has 82 valence electrons. The first-order valence-electron chi connectivity index (χ1n) is 5.00. The van der Waals surface area contributed by atoms with E-state index in [-0.39, 0.29) is 11.2 Å². The number of ether oxygens (including phenoxy) is 1. The van der Waals surface area contributed by atoms with Crippen LogP contribution in [0.4, 0.5) is 4.79 Å². The molecular weight excluding hydrogens is 214 g/mol. The van der Waals surface area contributed by atoms with Gasteiger partial charge < -0.3 is 4.74 Å². The van der Waals surface area contributed by atoms with Crippen LogP contribution < -0.4 is 0 Å². The number of Topliss-reactive ketones (excluding diaryl/α,β-unsaturated/α-hetero) is 1. The van der Waals surface area contributed by atoms with Crippen molar-refractivity contribution >= 4 is 29.4 Å². The zero-order valence-corrected chi connectivity index (χ0v) is 9.38. The molecule has 2 fully saturated rings. The van der Waals surface area contributed by atoms with Gasteiger partial charge in [0, 0.05) is 17.4 Å². The number of hydrogen-bond donors (Lipinski definition) is 0. The lowest BCUT2D eigenvalue weighted by molar-refractivity contribution is -0.121. The van der Waals surface area contributed by atoms with E-state index in [4.69, 9.17) is 0 Å². The molecule has 0 bridgehead atoms. The molecule has 2 atom stereocenters. The van der Waals surface area contributed by atoms with Crippen molar-refractivity contribution < 1.29 is 14.3 Å². The van der Waals surface area contributed by atoms with E-state index in [1.54, 1.807) is 11.8 Å². The van der Waals surface area contributed by atoms with Gasteiger partial charge in [-0.1, -0.05) is 0 Å². The van der Waals surface area contributed by atoms with Crippen LogP contribution in [0.25, 0.3) is 0 Å². The molecule has 1 saturated carbocycles. The number of methoxy groups -OCH3 is 1. The van der Waals surface area contributed by atoms with Gasteiger partial charge >= 0.3 is 6.09 Å². The quantitative estimate of drug-likeness (QED) is 0.673. The zero-order valence-electron chi connectivity index (χ0n) is 8.56. The van der Waals surface area contributed by atoms with Crippen molar-refractivity contribution in [3.8, 4) is 0 Å². The van der Waals surface area contributed by atoms with Gasteiger partial charge in [0.25, 0.3) is 0 Å². The Morgan fingerprint density at radius 1 is 1.53 bits per heavy atom. The van der Waals surface area contributed by atoms with Crippen LogP contribution in [0.5, 0.6) is 0 Å². The minimum Gasteiger partial charge on any atom is -0.451 e. The van der Waals surface area contributed by atoms with E-state index < -0.39 is 6.09 Å². The minimum absolute atomic E-state index is 0.0911. The van der Waals surface area contributed by atoms with E-state index in [0.29, 0.717) is 12.2 Å². The number of carbonyl (C=O) groups is 2. The third-order valence-electron chi connectivity index (χ3n) is 2.74. The van der Waals surface area contributed by atoms with Gasteiger partial charge in [0.05, 0.1) is 12.4 Å². The summed E-state index contributed by atoms with van der Waals surface area (Å²) >= 11 is 1.70. The number of thioether (sulfide) groups is 1. The summed E-state index contributed by atoms with van der Waals surface area (Å²) in [5.74, 6) is 1.40. The Hall–Kier alpha value is -0.840. The average molecular weight is 227 g/mol. The lowest BCUT2D eigenvalue weighted by Gasteiger charge is -2.03. The highest BCUT2D eigenvalue weighted by atomic mass is 32.2. The zero-order chi connectivity index (χ0) is 10.8. The SMILES string of the molecule is COC(=O)/N=C1/CC[C@H](C(=O)C2CS2)C1. The Morgan fingerprint density at radius 3 is 2.87 bits per heavy atom. The molecule has 1 saturated heterocycles. The summed E-state index contributed by atoms with van der Waals surface area (Å²) < 4.78 is 4.45. The Morgan fingerprint density at radius 2 is 2.27 bits per heavy atom. The molecular formula is C10H13NO3S. The van der Waals surface area contributed by atoms with Crippen LogP contribution in [0.3, 0.4) is 0 Å². The predicted molar refractivity (Wildman–Crippen MR) is 58.4 cm³/mol. The lowest BCUT2D eigenvalue weighted by atomic mass is 10.0. The van der Waals surface area contributed by atoms with Gasteiger partial charge in [0.15, 0.2) is 0 Å². The third-order valence-corrected chi connectivity index (χ3v) is 3.64. The van der Waals surface area contributed by atoms with Crippen molar-refractivity contribution in [1.29, 1.82) is 0 Å². The van der Waals surface area contributed by atoms with Gasteiger partial charge in [0.2, 0.25) is 0 Å². The topological polar surface area (TPSA) is 55.7 Å². The van der Waals surface area contributed by atoms with Crippen LogP contribution in [-0.2, 0) is 9.53 Å². The van der Waals surface area contributed by atoms with Crippen LogP contribution >= 0.6 is 11.8 Å². The van der Waals surface area contributed by atoms with E-state index in [1.807, 2.05) is 0 Å². The molecule has 1 amide bonds. The number of aliphatic imine (C=N–C) groups is 1. The molecule has 0 aromatic heterocycles. The highest BCUT2D eigenvalue weighted by molar-refractivity contribution is 8.07. The molecule has 4 nitrogen and oxygen atoms in total. The normalized spacial score (nSPS) is 31.7. The van der Waals surface area contributed by atoms with E-state index in [0.717, 1.165) is 24.3 Å². The molecule has 0 aromatic carbocycles. The van der Waals surface area contributed by atoms with Gasteiger partial charge in [-0.25, -0.2) is 4.79 Å². The molecule has 5 heteroatoms. The third kappa shape index (κ3) is 2.59. The molecule has 0 N–H and O–H groups in total. The predicted octanol–water partition coefficient (Wildman–Crippen LogP) is 1.68. The molecule has 2 rings (SSSR count). The van der Waals surface area contributed by atoms with E-state index in [2.05, 4.69) is 9.73 Å². The maximum Gasteiger partial charge on any atom is 0.433 e. The molecule has 15 heavy (non-hydrogen) atoms. The first kappa shape index (κ1) is 10.7. The van der Waals surface area contributed by atoms with E-state index in [9.17, 15) is 9.59 Å². The lowest BCUT2D eigenvalue weighted by Crippen LogP contribution is -2.16. The maximum absolute atomic E-state index is 11.7. The van der Waals surface area contributed by atoms with Gasteiger partial charge in [-0.3, -0.25) is 4.79 Å². The van der Waals surface area contributed by atoms with E-state index >= 15 is 0 Å². The first-order chi connectivity index (χ1) is 7.20. The molecule has 0 radical (unpaired) electrons. The molecule has 1 heterocycles. The number of rotatable bonds is 2. The number of amides is 1. The van der Waals surface area contributed by atoms with Gasteiger partial charge in [-0.15, -0.1) is 11.8 Å². The Balaban J connectivity index is 1.91. The fourth-order valence-corrected chi connectivity index (χ4v) is 2.44. The van der Waals surface area contributed by atoms with Crippen molar-refractivity contribution in [1.82, 2.24) is 0 Å². The highest BCUT2D eigenvalue weighted by Crippen LogP contribution is 2.37. The minimum atomic E-state index is -0.557. The van der Waals surface area contributed by atoms with Crippen molar-refractivity contribution in [3.63, 3.8) is 0 Å². The van der Waals surface area contributed by atoms with Gasteiger partial charge in [-0.05, 0) is 19.3 Å². The molecule has 0 spiro atoms. The number of hydrogen-bond acceptors (Lipinski definition) is 4. The fourth-order valence-electron chi connectivity index (χ4n) is 1.82. The second-order valence-electron chi connectivity index (χ2n) is 3.81. The summed E-state index contributed by atoms with van der Waals surface area (Å²) in [5, 5.41) is 0.229. The molecule has 2 aliphatic rings. The average Bonchev–Trinajstić information content (AvgIpc) is 2.98. The van der Waals surface area contributed by atoms with Crippen LogP contribution in [-0.4, -0.2) is 35.7 Å². The summed E-state index contributed by atoms with van der Waals surface area (Å²) in [6, 6.07) is 0. The summed E-state index contributed by atoms with van der Waals surface area (Å²) in [7, 11) is 1.31. The summed E-state index contributed by atoms with van der Waals surface area (Å²) in [6.45, 7) is 0. The fraction of sp³-hybridized carbons (Fsp3) is 0.700. The van der Waals surface area contributed by atoms with Crippen LogP contribution in [0, 0.1) is 5.92 Å². The van der Waals surface area contributed by atoms with Gasteiger partial charge in [-0.2, -0.15) is 4.99 Å². The van der Waals surface area contributed by atoms with Crippen LogP contribution in [0.15, 0.2) is 4.99 Å². The summed E-state index contributed by atoms with van der Waals surface area (Å²) in [4.78, 5) is 26.4. The largest absolute Gasteiger partial charge is 0.451 e.